The number of carbonyl (C=O) groups excluding carboxylic acids is 1. The van der Waals surface area contributed by atoms with E-state index in [9.17, 15) is 4.79 Å². The third kappa shape index (κ3) is 1.63. The average molecular weight is 256 g/mol. The van der Waals surface area contributed by atoms with Gasteiger partial charge < -0.3 is 0 Å². The van der Waals surface area contributed by atoms with Crippen molar-refractivity contribution in [1.29, 1.82) is 0 Å². The Morgan fingerprint density at radius 2 is 1.21 bits per heavy atom. The molecule has 1 saturated carbocycles. The molecule has 2 unspecified atom stereocenters. The molecule has 1 nitrogen and oxygen atoms in total. The van der Waals surface area contributed by atoms with E-state index in [1.807, 2.05) is 0 Å². The zero-order valence-corrected chi connectivity index (χ0v) is 12.9. The van der Waals surface area contributed by atoms with Crippen LogP contribution in [0.2, 0.25) is 0 Å². The van der Waals surface area contributed by atoms with Crippen molar-refractivity contribution in [3.8, 4) is 0 Å². The van der Waals surface area contributed by atoms with Crippen molar-refractivity contribution in [3.63, 3.8) is 0 Å². The number of ketones is 1. The molecule has 0 radical (unpaired) electrons. The minimum absolute atomic E-state index is 0.0640. The Kier molecular flexibility index (Phi) is 2.38. The van der Waals surface area contributed by atoms with Gasteiger partial charge in [-0.2, -0.15) is 0 Å². The molecule has 2 atom stereocenters. The molecule has 3 aliphatic carbocycles. The Morgan fingerprint density at radius 1 is 0.842 bits per heavy atom. The molecule has 1 fully saturated rings. The van der Waals surface area contributed by atoms with E-state index in [2.05, 4.69) is 53.7 Å². The van der Waals surface area contributed by atoms with Crippen molar-refractivity contribution in [2.75, 3.05) is 0 Å². The normalized spacial score (nSPS) is 29.9. The van der Waals surface area contributed by atoms with E-state index in [-0.39, 0.29) is 22.7 Å². The molecule has 19 heavy (non-hydrogen) atoms. The van der Waals surface area contributed by atoms with E-state index in [0.29, 0.717) is 5.78 Å². The number of Topliss-reactive ketones (excluding diaryl/α,β-unsaturated/α-hetero) is 1. The maximum absolute atomic E-state index is 12.4. The van der Waals surface area contributed by atoms with E-state index in [1.165, 1.54) is 22.3 Å². The van der Waals surface area contributed by atoms with Gasteiger partial charge in [-0.25, -0.2) is 0 Å². The van der Waals surface area contributed by atoms with Gasteiger partial charge in [-0.3, -0.25) is 4.79 Å². The molecule has 2 bridgehead atoms. The van der Waals surface area contributed by atoms with E-state index in [1.54, 1.807) is 0 Å². The van der Waals surface area contributed by atoms with Crippen molar-refractivity contribution < 1.29 is 4.79 Å². The lowest BCUT2D eigenvalue weighted by atomic mass is 9.78. The third-order valence-corrected chi connectivity index (χ3v) is 4.84. The summed E-state index contributed by atoms with van der Waals surface area (Å²) < 4.78 is 0. The molecule has 0 aromatic carbocycles. The smallest absolute Gasteiger partial charge is 0.155 e. The molecule has 102 valence electrons. The van der Waals surface area contributed by atoms with Gasteiger partial charge >= 0.3 is 0 Å². The Hall–Kier alpha value is -1.11. The van der Waals surface area contributed by atoms with Crippen LogP contribution in [0.25, 0.3) is 0 Å². The van der Waals surface area contributed by atoms with Gasteiger partial charge in [0, 0.05) is 0 Å². The summed E-state index contributed by atoms with van der Waals surface area (Å²) in [7, 11) is 0. The summed E-state index contributed by atoms with van der Waals surface area (Å²) in [6, 6.07) is 0. The molecule has 0 aromatic heterocycles. The summed E-state index contributed by atoms with van der Waals surface area (Å²) in [4.78, 5) is 12.4. The fraction of sp³-hybridized carbons (Fsp3) is 0.611. The second-order valence-electron chi connectivity index (χ2n) is 8.20. The molecular formula is C18H24O. The molecule has 0 saturated heterocycles. The van der Waals surface area contributed by atoms with Gasteiger partial charge in [-0.15, -0.1) is 0 Å². The summed E-state index contributed by atoms with van der Waals surface area (Å²) in [6.07, 6.45) is 5.33. The largest absolute Gasteiger partial charge is 0.298 e. The maximum Gasteiger partial charge on any atom is 0.155 e. The fourth-order valence-electron chi connectivity index (χ4n) is 3.82. The minimum atomic E-state index is 0.0640. The number of hydrogen-bond donors (Lipinski definition) is 0. The maximum atomic E-state index is 12.4. The lowest BCUT2D eigenvalue weighted by Gasteiger charge is -2.27. The van der Waals surface area contributed by atoms with Crippen LogP contribution in [0, 0.1) is 22.7 Å². The van der Waals surface area contributed by atoms with E-state index in [4.69, 9.17) is 0 Å². The minimum Gasteiger partial charge on any atom is -0.298 e. The van der Waals surface area contributed by atoms with Gasteiger partial charge in [0.2, 0.25) is 0 Å². The van der Waals surface area contributed by atoms with Crippen LogP contribution in [0.3, 0.4) is 0 Å². The van der Waals surface area contributed by atoms with Crippen LogP contribution < -0.4 is 0 Å². The molecule has 0 heterocycles. The summed E-state index contributed by atoms with van der Waals surface area (Å²) >= 11 is 0. The van der Waals surface area contributed by atoms with E-state index in [0.717, 1.165) is 6.42 Å². The zero-order valence-electron chi connectivity index (χ0n) is 12.9. The Labute approximate surface area is 116 Å². The van der Waals surface area contributed by atoms with Gasteiger partial charge in [0.1, 0.15) is 0 Å². The predicted octanol–water partition coefficient (Wildman–Crippen LogP) is 4.46. The number of rotatable bonds is 0. The van der Waals surface area contributed by atoms with E-state index < -0.39 is 0 Å². The molecule has 0 aromatic rings. The molecule has 3 aliphatic rings. The van der Waals surface area contributed by atoms with Crippen LogP contribution in [0.1, 0.15) is 48.0 Å². The van der Waals surface area contributed by atoms with Crippen molar-refractivity contribution in [3.05, 3.63) is 34.4 Å². The number of carbonyl (C=O) groups is 1. The van der Waals surface area contributed by atoms with Gasteiger partial charge in [-0.05, 0) is 28.4 Å². The summed E-state index contributed by atoms with van der Waals surface area (Å²) in [6.45, 7) is 13.7. The number of hydrogen-bond acceptors (Lipinski definition) is 1. The molecule has 0 aliphatic heterocycles. The van der Waals surface area contributed by atoms with E-state index >= 15 is 0 Å². The van der Waals surface area contributed by atoms with Crippen molar-refractivity contribution in [2.24, 2.45) is 22.7 Å². The second kappa shape index (κ2) is 3.50. The van der Waals surface area contributed by atoms with Crippen molar-refractivity contribution >= 4 is 5.78 Å². The SMILES string of the molecule is CC(C)(C)C1=C2C(=C(C(C)(C)C)C1)C1C=CC2C1=O. The first-order chi connectivity index (χ1) is 8.62. The standard InChI is InChI=1S/C18H24O/c1-17(2,3)12-9-13(18(4,5)6)15-11-8-7-10(14(12)15)16(11)19/h7-8,10-11H,9H2,1-6H3. The molecular weight excluding hydrogens is 232 g/mol. The highest BCUT2D eigenvalue weighted by atomic mass is 16.1. The Balaban J connectivity index is 2.22. The van der Waals surface area contributed by atoms with Crippen LogP contribution in [-0.4, -0.2) is 5.78 Å². The van der Waals surface area contributed by atoms with Gasteiger partial charge in [0.25, 0.3) is 0 Å². The van der Waals surface area contributed by atoms with Gasteiger partial charge in [0.15, 0.2) is 5.78 Å². The molecule has 1 heteroatoms. The Morgan fingerprint density at radius 3 is 1.53 bits per heavy atom. The third-order valence-electron chi connectivity index (χ3n) is 4.84. The molecule has 0 amide bonds. The first-order valence-corrected chi connectivity index (χ1v) is 7.32. The summed E-state index contributed by atoms with van der Waals surface area (Å²) in [5.74, 6) is 0.538. The zero-order chi connectivity index (χ0) is 14.2. The Bertz CT molecular complexity index is 507. The highest BCUT2D eigenvalue weighted by Gasteiger charge is 2.51. The lowest BCUT2D eigenvalue weighted by molar-refractivity contribution is -0.120. The lowest BCUT2D eigenvalue weighted by Crippen LogP contribution is -2.16. The quantitative estimate of drug-likeness (QED) is 0.585. The summed E-state index contributed by atoms with van der Waals surface area (Å²) in [5.41, 5.74) is 6.08. The average Bonchev–Trinajstić information content (AvgIpc) is 2.84. The van der Waals surface area contributed by atoms with Gasteiger partial charge in [-0.1, -0.05) is 64.8 Å². The molecule has 0 spiro atoms. The number of fused-ring (bicyclic) bond motifs is 5. The first kappa shape index (κ1) is 12.9. The topological polar surface area (TPSA) is 17.1 Å². The highest BCUT2D eigenvalue weighted by Crippen LogP contribution is 2.58. The van der Waals surface area contributed by atoms with Crippen LogP contribution >= 0.6 is 0 Å². The van der Waals surface area contributed by atoms with Crippen LogP contribution in [0.15, 0.2) is 34.4 Å². The van der Waals surface area contributed by atoms with Crippen LogP contribution in [0.5, 0.6) is 0 Å². The van der Waals surface area contributed by atoms with Gasteiger partial charge in [0.05, 0.1) is 11.8 Å². The first-order valence-electron chi connectivity index (χ1n) is 7.32. The fourth-order valence-corrected chi connectivity index (χ4v) is 3.82. The number of allylic oxidation sites excluding steroid dienone is 6. The molecule has 3 rings (SSSR count). The van der Waals surface area contributed by atoms with Crippen molar-refractivity contribution in [2.45, 2.75) is 48.0 Å². The van der Waals surface area contributed by atoms with Crippen molar-refractivity contribution in [1.82, 2.24) is 0 Å². The monoisotopic (exact) mass is 256 g/mol. The summed E-state index contributed by atoms with van der Waals surface area (Å²) in [5, 5.41) is 0. The van der Waals surface area contributed by atoms with Crippen LogP contribution in [0.4, 0.5) is 0 Å². The predicted molar refractivity (Wildman–Crippen MR) is 78.7 cm³/mol. The highest BCUT2D eigenvalue weighted by molar-refractivity contribution is 6.02. The molecule has 0 N–H and O–H groups in total. The van der Waals surface area contributed by atoms with Crippen LogP contribution in [-0.2, 0) is 4.79 Å². The second-order valence-corrected chi connectivity index (χ2v) is 8.20.